The summed E-state index contributed by atoms with van der Waals surface area (Å²) in [7, 11) is 5.63. The number of esters is 6. The van der Waals surface area contributed by atoms with E-state index in [2.05, 4.69) is 5.32 Å². The second-order valence-corrected chi connectivity index (χ2v) is 29.6. The first-order valence-corrected chi connectivity index (χ1v) is 35.8. The van der Waals surface area contributed by atoms with Crippen molar-refractivity contribution in [1.82, 2.24) is 20.0 Å². The molecule has 0 fully saturated rings. The Hall–Kier alpha value is -8.87. The van der Waals surface area contributed by atoms with Gasteiger partial charge >= 0.3 is 41.9 Å². The molecule has 2 heterocycles. The van der Waals surface area contributed by atoms with Gasteiger partial charge in [0.15, 0.2) is 12.2 Å². The fourth-order valence-corrected chi connectivity index (χ4v) is 11.4. The zero-order valence-corrected chi connectivity index (χ0v) is 64.2. The van der Waals surface area contributed by atoms with Crippen molar-refractivity contribution in [3.8, 4) is 0 Å². The lowest BCUT2D eigenvalue weighted by Gasteiger charge is -2.33. The van der Waals surface area contributed by atoms with Gasteiger partial charge in [-0.15, -0.1) is 0 Å². The summed E-state index contributed by atoms with van der Waals surface area (Å²) in [5, 5.41) is 2.90. The van der Waals surface area contributed by atoms with Crippen LogP contribution in [-0.4, -0.2) is 189 Å². The molecule has 4 aromatic carbocycles. The Labute approximate surface area is 618 Å². The average Bonchev–Trinajstić information content (AvgIpc) is 0.833. The van der Waals surface area contributed by atoms with E-state index in [1.54, 1.807) is 64.2 Å². The Bertz CT molecular complexity index is 3550. The van der Waals surface area contributed by atoms with E-state index in [1.165, 1.54) is 62.7 Å². The summed E-state index contributed by atoms with van der Waals surface area (Å²) in [4.78, 5) is 124. The molecule has 0 aliphatic carbocycles. The molecule has 0 saturated carbocycles. The molecule has 0 aromatic heterocycles. The Kier molecular flexibility index (Phi) is 34.0. The van der Waals surface area contributed by atoms with Crippen LogP contribution in [0.25, 0.3) is 11.1 Å². The molecule has 0 radical (unpaired) electrons. The minimum atomic E-state index is -1.96. The summed E-state index contributed by atoms with van der Waals surface area (Å²) in [5.41, 5.74) is 2.50. The van der Waals surface area contributed by atoms with Gasteiger partial charge in [0.25, 0.3) is 11.8 Å². The van der Waals surface area contributed by atoms with Crippen molar-refractivity contribution < 1.29 is 94.6 Å². The molecule has 0 unspecified atom stereocenters. The number of nitrogens with zero attached hydrogens (tertiary/aromatic N) is 3. The minimum absolute atomic E-state index is 0.0134. The number of hydrogen-bond acceptors (Lipinski definition) is 19. The van der Waals surface area contributed by atoms with Gasteiger partial charge in [0.2, 0.25) is 12.2 Å². The van der Waals surface area contributed by atoms with E-state index in [1.807, 2.05) is 113 Å². The van der Waals surface area contributed by atoms with Gasteiger partial charge in [-0.25, -0.2) is 37.5 Å². The molecule has 2 aliphatic heterocycles. The largest absolute Gasteiger partial charge is 0.458 e. The van der Waals surface area contributed by atoms with Gasteiger partial charge in [-0.1, -0.05) is 149 Å². The van der Waals surface area contributed by atoms with Crippen LogP contribution in [0.1, 0.15) is 162 Å². The van der Waals surface area contributed by atoms with Crippen molar-refractivity contribution in [3.05, 3.63) is 155 Å². The van der Waals surface area contributed by atoms with Crippen molar-refractivity contribution in [3.63, 3.8) is 0 Å². The van der Waals surface area contributed by atoms with Crippen LogP contribution in [0.3, 0.4) is 0 Å². The van der Waals surface area contributed by atoms with Gasteiger partial charge in [-0.3, -0.25) is 19.3 Å². The molecule has 0 saturated heterocycles. The maximum atomic E-state index is 15.3. The molecule has 2 aliphatic rings. The number of halogens is 2. The molecule has 576 valence electrons. The SMILES string of the molecule is CC(C)C[C@@H](C(=O)O[C@H](C)C(=O)N(C)[C@@H](CC(C)(C)F)C(=O)O[C@H](Cc1ccc(C2=CCOCC2)cc1)C(=O)OCc1ccccc1)N(C)C(=O)OC(C)(C)C.CN[C@@H](CC(C)C)C(=O)O[C@H](C)C(=O)N(C)[C@@H](CC(C)(C)F)C(=O)O[C@H](Cc1ccc(C2=CCOCC2)cc1)C(=O)OCc1ccccc1. The monoisotopic (exact) mass is 1460 g/mol. The molecule has 3 amide bonds. The predicted octanol–water partition coefficient (Wildman–Crippen LogP) is 12.1. The normalized spacial score (nSPS) is 15.6. The Morgan fingerprint density at radius 3 is 1.17 bits per heavy atom. The number of alkyl halides is 2. The summed E-state index contributed by atoms with van der Waals surface area (Å²) >= 11 is 0. The van der Waals surface area contributed by atoms with Crippen molar-refractivity contribution in [2.45, 2.75) is 220 Å². The van der Waals surface area contributed by atoms with E-state index in [9.17, 15) is 43.2 Å². The van der Waals surface area contributed by atoms with Gasteiger partial charge in [0.1, 0.15) is 54.3 Å². The van der Waals surface area contributed by atoms with E-state index >= 15 is 8.78 Å². The number of amides is 3. The van der Waals surface area contributed by atoms with Crippen LogP contribution >= 0.6 is 0 Å². The van der Waals surface area contributed by atoms with Crippen molar-refractivity contribution in [2.24, 2.45) is 11.8 Å². The number of nitrogens with one attached hydrogen (secondary N) is 1. The molecular formula is C81H110F2N4O18. The van der Waals surface area contributed by atoms with E-state index in [0.717, 1.165) is 60.9 Å². The van der Waals surface area contributed by atoms with Crippen LogP contribution in [0.5, 0.6) is 0 Å². The number of ether oxygens (including phenoxy) is 9. The van der Waals surface area contributed by atoms with Gasteiger partial charge in [0.05, 0.1) is 26.4 Å². The first-order valence-electron chi connectivity index (χ1n) is 35.8. The maximum absolute atomic E-state index is 15.3. The summed E-state index contributed by atoms with van der Waals surface area (Å²) in [5.74, 6) is -6.50. The van der Waals surface area contributed by atoms with E-state index in [-0.39, 0.29) is 44.3 Å². The van der Waals surface area contributed by atoms with Crippen LogP contribution in [0.4, 0.5) is 13.6 Å². The summed E-state index contributed by atoms with van der Waals surface area (Å²) in [6.45, 7) is 22.7. The molecule has 0 spiro atoms. The standard InChI is InChI=1S/C43H59FN2O10.C38H51FN2O8/c1-28(2)24-34(46(10)41(51)56-42(4,5)6)38(48)54-29(3)37(47)45(9)35(26-43(7,8)44)39(49)55-36(40(50)53-27-31-14-12-11-13-15-31)25-30-16-18-32(19-17-30)33-20-22-52-23-21-33;1-25(2)21-31(40-6)35(43)48-26(3)34(42)41(7)32(23-38(4,5)39)36(44)49-33(37(45)47-24-28-11-9-8-10-12-28)22-27-13-15-29(16-14-27)30-17-19-46-20-18-30/h11-20,28-29,34-36H,21-27H2,1-10H3;8-17,25-26,31-33,40H,18-24H2,1-7H3/t29-,34+,35+,36-;26-,31+,32+,33-/m11/s1. The Morgan fingerprint density at radius 2 is 0.838 bits per heavy atom. The van der Waals surface area contributed by atoms with Crippen molar-refractivity contribution in [1.29, 1.82) is 0 Å². The van der Waals surface area contributed by atoms with Crippen molar-refractivity contribution in [2.75, 3.05) is 54.6 Å². The fourth-order valence-electron chi connectivity index (χ4n) is 11.4. The molecule has 22 nitrogen and oxygen atoms in total. The van der Waals surface area contributed by atoms with Crippen LogP contribution in [-0.2, 0) is 107 Å². The summed E-state index contributed by atoms with van der Waals surface area (Å²) < 4.78 is 80.4. The van der Waals surface area contributed by atoms with Crippen LogP contribution in [0, 0.1) is 11.8 Å². The number of benzene rings is 4. The lowest BCUT2D eigenvalue weighted by atomic mass is 9.98. The van der Waals surface area contributed by atoms with Gasteiger partial charge in [-0.2, -0.15) is 0 Å². The quantitative estimate of drug-likeness (QED) is 0.0337. The molecule has 1 N–H and O–H groups in total. The number of carbonyl (C=O) groups is 9. The molecular weight excluding hydrogens is 1350 g/mol. The zero-order valence-electron chi connectivity index (χ0n) is 64.2. The third kappa shape index (κ3) is 29.9. The number of carbonyl (C=O) groups excluding carboxylic acids is 9. The topological polar surface area (TPSA) is 258 Å². The Balaban J connectivity index is 0.000000380. The third-order valence-electron chi connectivity index (χ3n) is 17.2. The van der Waals surface area contributed by atoms with Gasteiger partial charge < -0.3 is 57.7 Å². The summed E-state index contributed by atoms with van der Waals surface area (Å²) in [6, 6.07) is 28.5. The predicted molar refractivity (Wildman–Crippen MR) is 393 cm³/mol. The highest BCUT2D eigenvalue weighted by Gasteiger charge is 2.42. The smallest absolute Gasteiger partial charge is 0.410 e. The second-order valence-electron chi connectivity index (χ2n) is 29.6. The maximum Gasteiger partial charge on any atom is 0.410 e. The van der Waals surface area contributed by atoms with E-state index in [4.69, 9.17) is 42.6 Å². The number of rotatable bonds is 34. The lowest BCUT2D eigenvalue weighted by Crippen LogP contribution is -2.52. The molecule has 8 atom stereocenters. The van der Waals surface area contributed by atoms with Gasteiger partial charge in [0, 0.05) is 46.8 Å². The molecule has 6 rings (SSSR count). The number of hydrogen-bond donors (Lipinski definition) is 1. The first kappa shape index (κ1) is 86.8. The van der Waals surface area contributed by atoms with Crippen molar-refractivity contribution >= 4 is 64.9 Å². The highest BCUT2D eigenvalue weighted by Crippen LogP contribution is 2.29. The minimum Gasteiger partial charge on any atom is -0.458 e. The van der Waals surface area contributed by atoms with E-state index in [0.29, 0.717) is 44.0 Å². The van der Waals surface area contributed by atoms with Gasteiger partial charge in [-0.05, 0) is 151 Å². The highest BCUT2D eigenvalue weighted by atomic mass is 19.1. The first-order chi connectivity index (χ1) is 49.3. The van der Waals surface area contributed by atoms with E-state index < -0.39 is 132 Å². The Morgan fingerprint density at radius 1 is 0.467 bits per heavy atom. The molecule has 105 heavy (non-hydrogen) atoms. The van der Waals surface area contributed by atoms with Crippen LogP contribution in [0.15, 0.2) is 121 Å². The second kappa shape index (κ2) is 41.1. The average molecular weight is 1470 g/mol. The zero-order chi connectivity index (χ0) is 77.9. The molecule has 24 heteroatoms. The summed E-state index contributed by atoms with van der Waals surface area (Å²) in [6.07, 6.45) is -0.964. The molecule has 0 bridgehead atoms. The molecule has 4 aromatic rings. The van der Waals surface area contributed by atoms with Crippen LogP contribution < -0.4 is 5.32 Å². The highest BCUT2D eigenvalue weighted by molar-refractivity contribution is 5.91. The fraction of sp³-hybridized carbons (Fsp3) is 0.543. The lowest BCUT2D eigenvalue weighted by molar-refractivity contribution is -0.175. The number of likely N-dealkylation sites (N-methyl/N-ethyl adjacent to an activating group) is 4. The van der Waals surface area contributed by atoms with Crippen LogP contribution in [0.2, 0.25) is 0 Å². The third-order valence-corrected chi connectivity index (χ3v) is 17.2.